The van der Waals surface area contributed by atoms with E-state index in [1.54, 1.807) is 5.38 Å². The molecule has 0 spiro atoms. The number of thiazole rings is 1. The second kappa shape index (κ2) is 3.08. The highest BCUT2D eigenvalue weighted by Crippen LogP contribution is 2.23. The van der Waals surface area contributed by atoms with Gasteiger partial charge in [-0.05, 0) is 15.9 Å². The Bertz CT molecular complexity index is 411. The number of hydrogen-bond donors (Lipinski definition) is 0. The minimum atomic E-state index is -2.51. The first-order chi connectivity index (χ1) is 7.18. The molecule has 0 amide bonds. The summed E-state index contributed by atoms with van der Waals surface area (Å²) in [6.07, 6.45) is -2.45. The fourth-order valence-electron chi connectivity index (χ4n) is 0.507. The monoisotopic (exact) mass is 240 g/mol. The van der Waals surface area contributed by atoms with E-state index < -0.39 is 19.2 Å². The Hall–Kier alpha value is -0.130. The molecule has 0 unspecified atom stereocenters. The van der Waals surface area contributed by atoms with Crippen LogP contribution in [-0.2, 0) is 4.74 Å². The van der Waals surface area contributed by atoms with Crippen LogP contribution in [0.1, 0.15) is 6.85 Å². The maximum absolute atomic E-state index is 7.67. The molecule has 1 saturated heterocycles. The number of hydrogen-bond acceptors (Lipinski definition) is 4. The Morgan fingerprint density at radius 1 is 2.00 bits per heavy atom. The molecule has 1 aliphatic heterocycles. The summed E-state index contributed by atoms with van der Waals surface area (Å²) in [5, 5.41) is 1.60. The van der Waals surface area contributed by atoms with E-state index in [9.17, 15) is 0 Å². The molecule has 0 saturated carbocycles. The Balaban J connectivity index is 2.25. The van der Waals surface area contributed by atoms with Gasteiger partial charge in [0.1, 0.15) is 10.7 Å². The zero-order valence-corrected chi connectivity index (χ0v) is 7.53. The van der Waals surface area contributed by atoms with Crippen molar-refractivity contribution in [3.63, 3.8) is 0 Å². The van der Waals surface area contributed by atoms with Gasteiger partial charge in [0, 0.05) is 5.38 Å². The van der Waals surface area contributed by atoms with Crippen LogP contribution in [0.4, 0.5) is 0 Å². The lowest BCUT2D eigenvalue weighted by atomic mass is 10.3. The summed E-state index contributed by atoms with van der Waals surface area (Å²) in [6.45, 7) is -5.01. The standard InChI is InChI=1S/C6H6BrNO2S/c7-5-3-11-6(8-5)10-4-1-9-2-4/h3-4H,1-2H2/i1D2,2D2,4D. The van der Waals surface area contributed by atoms with Crippen molar-refractivity contribution in [1.29, 1.82) is 0 Å². The third kappa shape index (κ3) is 1.72. The summed E-state index contributed by atoms with van der Waals surface area (Å²) < 4.78 is 46.6. The van der Waals surface area contributed by atoms with Crippen LogP contribution in [0.3, 0.4) is 0 Å². The Morgan fingerprint density at radius 3 is 3.36 bits per heavy atom. The van der Waals surface area contributed by atoms with Gasteiger partial charge in [-0.2, -0.15) is 4.98 Å². The molecule has 0 aliphatic carbocycles. The van der Waals surface area contributed by atoms with E-state index in [0.717, 1.165) is 11.3 Å². The smallest absolute Gasteiger partial charge is 0.274 e. The van der Waals surface area contributed by atoms with Gasteiger partial charge < -0.3 is 9.47 Å². The molecular weight excluding hydrogens is 230 g/mol. The van der Waals surface area contributed by atoms with Crippen molar-refractivity contribution < 1.29 is 16.3 Å². The van der Waals surface area contributed by atoms with Gasteiger partial charge in [0.25, 0.3) is 5.19 Å². The largest absolute Gasteiger partial charge is 0.462 e. The van der Waals surface area contributed by atoms with Crippen LogP contribution in [0.2, 0.25) is 0 Å². The molecule has 0 bridgehead atoms. The fourth-order valence-corrected chi connectivity index (χ4v) is 1.60. The highest BCUT2D eigenvalue weighted by Gasteiger charge is 2.21. The Kier molecular flexibility index (Phi) is 1.04. The Labute approximate surface area is 83.5 Å². The quantitative estimate of drug-likeness (QED) is 0.789. The molecule has 1 aromatic heterocycles. The number of aromatic nitrogens is 1. The third-order valence-corrected chi connectivity index (χ3v) is 2.36. The summed E-state index contributed by atoms with van der Waals surface area (Å²) in [6, 6.07) is 0. The van der Waals surface area contributed by atoms with Crippen molar-refractivity contribution in [2.45, 2.75) is 6.08 Å². The van der Waals surface area contributed by atoms with E-state index >= 15 is 0 Å². The lowest BCUT2D eigenvalue weighted by molar-refractivity contribution is -0.0797. The van der Waals surface area contributed by atoms with E-state index in [1.807, 2.05) is 0 Å². The number of halogens is 1. The molecule has 0 radical (unpaired) electrons. The lowest BCUT2D eigenvalue weighted by Gasteiger charge is -2.25. The van der Waals surface area contributed by atoms with Crippen molar-refractivity contribution in [3.8, 4) is 5.19 Å². The number of nitrogens with zero attached hydrogens (tertiary/aromatic N) is 1. The van der Waals surface area contributed by atoms with Gasteiger partial charge in [0.05, 0.1) is 20.0 Å². The molecule has 11 heavy (non-hydrogen) atoms. The van der Waals surface area contributed by atoms with Crippen molar-refractivity contribution in [2.75, 3.05) is 13.1 Å². The second-order valence-electron chi connectivity index (χ2n) is 1.67. The molecule has 1 aromatic rings. The Morgan fingerprint density at radius 2 is 2.82 bits per heavy atom. The minimum Gasteiger partial charge on any atom is -0.462 e. The van der Waals surface area contributed by atoms with Crippen LogP contribution in [-0.4, -0.2) is 24.2 Å². The van der Waals surface area contributed by atoms with E-state index in [-0.39, 0.29) is 5.19 Å². The molecule has 0 N–H and O–H groups in total. The first kappa shape index (κ1) is 3.72. The lowest BCUT2D eigenvalue weighted by Crippen LogP contribution is -2.38. The van der Waals surface area contributed by atoms with Crippen molar-refractivity contribution in [2.24, 2.45) is 0 Å². The molecule has 2 heterocycles. The molecule has 1 aliphatic rings. The van der Waals surface area contributed by atoms with Gasteiger partial charge >= 0.3 is 0 Å². The average molecular weight is 241 g/mol. The predicted molar refractivity (Wildman–Crippen MR) is 45.0 cm³/mol. The predicted octanol–water partition coefficient (Wildman–Crippen LogP) is 1.68. The minimum absolute atomic E-state index is 0.0120. The normalized spacial score (nSPS) is 36.6. The first-order valence-corrected chi connectivity index (χ1v) is 4.35. The van der Waals surface area contributed by atoms with Gasteiger partial charge in [-0.1, -0.05) is 11.3 Å². The number of ether oxygens (including phenoxy) is 2. The van der Waals surface area contributed by atoms with Crippen molar-refractivity contribution in [1.82, 2.24) is 4.98 Å². The van der Waals surface area contributed by atoms with Crippen LogP contribution in [0.25, 0.3) is 0 Å². The van der Waals surface area contributed by atoms with E-state index in [0.29, 0.717) is 4.60 Å². The third-order valence-electron chi connectivity index (χ3n) is 0.932. The molecule has 5 heteroatoms. The van der Waals surface area contributed by atoms with Gasteiger partial charge in [0.2, 0.25) is 0 Å². The molecule has 1 fully saturated rings. The van der Waals surface area contributed by atoms with Gasteiger partial charge in [0.15, 0.2) is 0 Å². The van der Waals surface area contributed by atoms with Crippen LogP contribution in [0, 0.1) is 0 Å². The van der Waals surface area contributed by atoms with E-state index in [2.05, 4.69) is 25.7 Å². The highest BCUT2D eigenvalue weighted by atomic mass is 79.9. The summed E-state index contributed by atoms with van der Waals surface area (Å²) in [5.74, 6) is 0. The maximum Gasteiger partial charge on any atom is 0.274 e. The molecule has 3 nitrogen and oxygen atoms in total. The average Bonchev–Trinajstić information content (AvgIpc) is 2.48. The first-order valence-electron chi connectivity index (χ1n) is 5.18. The zero-order chi connectivity index (χ0) is 12.2. The SMILES string of the molecule is [2H]C1([2H])OC([2H])([2H])C1([2H])Oc1nc(Br)cs1. The van der Waals surface area contributed by atoms with E-state index in [1.165, 1.54) is 0 Å². The topological polar surface area (TPSA) is 31.4 Å². The zero-order valence-electron chi connectivity index (χ0n) is 10.1. The molecular formula is C6H6BrNO2S. The maximum atomic E-state index is 7.67. The summed E-state index contributed by atoms with van der Waals surface area (Å²) in [4.78, 5) is 3.81. The molecule has 2 rings (SSSR count). The second-order valence-corrected chi connectivity index (χ2v) is 3.31. The van der Waals surface area contributed by atoms with Crippen LogP contribution in [0.15, 0.2) is 9.98 Å². The summed E-state index contributed by atoms with van der Waals surface area (Å²) >= 11 is 4.11. The molecule has 60 valence electrons. The van der Waals surface area contributed by atoms with Crippen molar-refractivity contribution in [3.05, 3.63) is 9.98 Å². The van der Waals surface area contributed by atoms with Gasteiger partial charge in [-0.15, -0.1) is 0 Å². The number of rotatable bonds is 2. The van der Waals surface area contributed by atoms with Crippen molar-refractivity contribution >= 4 is 27.3 Å². The van der Waals surface area contributed by atoms with Gasteiger partial charge in [-0.25, -0.2) is 0 Å². The fraction of sp³-hybridized carbons (Fsp3) is 0.500. The molecule has 0 aromatic carbocycles. The van der Waals surface area contributed by atoms with Crippen LogP contribution in [0.5, 0.6) is 5.19 Å². The van der Waals surface area contributed by atoms with Crippen LogP contribution >= 0.6 is 27.3 Å². The highest BCUT2D eigenvalue weighted by molar-refractivity contribution is 9.10. The van der Waals surface area contributed by atoms with Crippen LogP contribution < -0.4 is 4.74 Å². The summed E-state index contributed by atoms with van der Waals surface area (Å²) in [7, 11) is 0. The van der Waals surface area contributed by atoms with Gasteiger partial charge in [-0.3, -0.25) is 0 Å². The van der Waals surface area contributed by atoms with E-state index in [4.69, 9.17) is 11.6 Å². The summed E-state index contributed by atoms with van der Waals surface area (Å²) in [5.41, 5.74) is 0. The molecule has 0 atom stereocenters.